The van der Waals surface area contributed by atoms with Gasteiger partial charge >= 0.3 is 6.18 Å². The Morgan fingerprint density at radius 3 is 2.35 bits per heavy atom. The van der Waals surface area contributed by atoms with E-state index in [4.69, 9.17) is 5.26 Å². The molecule has 0 aliphatic heterocycles. The van der Waals surface area contributed by atoms with Crippen LogP contribution in [0.3, 0.4) is 0 Å². The van der Waals surface area contributed by atoms with Gasteiger partial charge in [-0.15, -0.1) is 0 Å². The molecule has 6 heteroatoms. The number of pyridine rings is 1. The van der Waals surface area contributed by atoms with E-state index in [2.05, 4.69) is 4.98 Å². The average Bonchev–Trinajstić information content (AvgIpc) is 2.38. The van der Waals surface area contributed by atoms with Gasteiger partial charge in [-0.1, -0.05) is 12.1 Å². The van der Waals surface area contributed by atoms with Gasteiger partial charge in [0.2, 0.25) is 5.95 Å². The van der Waals surface area contributed by atoms with Gasteiger partial charge in [-0.2, -0.15) is 22.8 Å². The van der Waals surface area contributed by atoms with E-state index in [0.29, 0.717) is 16.7 Å². The third-order valence-electron chi connectivity index (χ3n) is 2.75. The van der Waals surface area contributed by atoms with Crippen LogP contribution in [-0.4, -0.2) is 4.98 Å². The zero-order valence-electron chi connectivity index (χ0n) is 10.1. The fraction of sp³-hybridized carbons (Fsp3) is 0.143. The summed E-state index contributed by atoms with van der Waals surface area (Å²) in [4.78, 5) is 3.47. The molecule has 0 bridgehead atoms. The first-order chi connectivity index (χ1) is 9.41. The Balaban J connectivity index is 2.44. The Hall–Kier alpha value is -2.42. The van der Waals surface area contributed by atoms with Gasteiger partial charge < -0.3 is 0 Å². The Morgan fingerprint density at radius 1 is 1.15 bits per heavy atom. The minimum Gasteiger partial charge on any atom is -0.228 e. The quantitative estimate of drug-likeness (QED) is 0.616. The van der Waals surface area contributed by atoms with Gasteiger partial charge in [0.05, 0.1) is 18.1 Å². The second-order valence-electron chi connectivity index (χ2n) is 4.07. The summed E-state index contributed by atoms with van der Waals surface area (Å²) in [7, 11) is 0. The molecular formula is C14H8F4N2. The van der Waals surface area contributed by atoms with E-state index in [-0.39, 0.29) is 6.42 Å². The van der Waals surface area contributed by atoms with Crippen LogP contribution >= 0.6 is 0 Å². The van der Waals surface area contributed by atoms with Crippen LogP contribution in [0.5, 0.6) is 0 Å². The van der Waals surface area contributed by atoms with Gasteiger partial charge in [-0.25, -0.2) is 4.98 Å². The predicted octanol–water partition coefficient (Wildman–Crippen LogP) is 3.97. The van der Waals surface area contributed by atoms with E-state index in [1.807, 2.05) is 6.07 Å². The number of hydrogen-bond donors (Lipinski definition) is 0. The fourth-order valence-corrected chi connectivity index (χ4v) is 1.80. The van der Waals surface area contributed by atoms with Crippen molar-refractivity contribution < 1.29 is 17.6 Å². The molecule has 0 aliphatic rings. The second kappa shape index (κ2) is 5.29. The van der Waals surface area contributed by atoms with Crippen molar-refractivity contribution in [2.24, 2.45) is 0 Å². The maximum absolute atomic E-state index is 13.0. The monoisotopic (exact) mass is 280 g/mol. The Morgan fingerprint density at radius 2 is 1.80 bits per heavy atom. The highest BCUT2D eigenvalue weighted by atomic mass is 19.4. The van der Waals surface area contributed by atoms with Crippen molar-refractivity contribution >= 4 is 0 Å². The van der Waals surface area contributed by atoms with Gasteiger partial charge in [0, 0.05) is 11.8 Å². The highest BCUT2D eigenvalue weighted by Crippen LogP contribution is 2.31. The number of aromatic nitrogens is 1. The van der Waals surface area contributed by atoms with E-state index in [1.54, 1.807) is 0 Å². The molecule has 2 nitrogen and oxygen atoms in total. The molecule has 0 amide bonds. The molecule has 0 atom stereocenters. The zero-order valence-corrected chi connectivity index (χ0v) is 10.1. The van der Waals surface area contributed by atoms with Crippen LogP contribution in [-0.2, 0) is 12.6 Å². The first kappa shape index (κ1) is 14.0. The first-order valence-corrected chi connectivity index (χ1v) is 5.61. The maximum atomic E-state index is 13.0. The molecule has 1 aromatic heterocycles. The molecule has 102 valence electrons. The summed E-state index contributed by atoms with van der Waals surface area (Å²) in [6.07, 6.45) is -3.24. The number of benzene rings is 1. The summed E-state index contributed by atoms with van der Waals surface area (Å²) in [5.74, 6) is -0.731. The number of hydrogen-bond acceptors (Lipinski definition) is 2. The second-order valence-corrected chi connectivity index (χ2v) is 4.07. The average molecular weight is 280 g/mol. The number of alkyl halides is 3. The Kier molecular flexibility index (Phi) is 3.70. The lowest BCUT2D eigenvalue weighted by molar-refractivity contribution is -0.137. The third-order valence-corrected chi connectivity index (χ3v) is 2.75. The Bertz CT molecular complexity index is 654. The normalized spacial score (nSPS) is 11.2. The van der Waals surface area contributed by atoms with E-state index in [9.17, 15) is 17.6 Å². The van der Waals surface area contributed by atoms with Gasteiger partial charge in [0.15, 0.2) is 0 Å². The van der Waals surface area contributed by atoms with Crippen LogP contribution in [0.25, 0.3) is 11.1 Å². The van der Waals surface area contributed by atoms with E-state index < -0.39 is 17.7 Å². The highest BCUT2D eigenvalue weighted by molar-refractivity contribution is 5.67. The molecule has 0 saturated carbocycles. The molecule has 2 rings (SSSR count). The maximum Gasteiger partial charge on any atom is 0.416 e. The largest absolute Gasteiger partial charge is 0.416 e. The van der Waals surface area contributed by atoms with Crippen molar-refractivity contribution in [2.45, 2.75) is 12.6 Å². The lowest BCUT2D eigenvalue weighted by atomic mass is 9.99. The molecule has 0 spiro atoms. The fourth-order valence-electron chi connectivity index (χ4n) is 1.80. The first-order valence-electron chi connectivity index (χ1n) is 5.61. The molecule has 20 heavy (non-hydrogen) atoms. The van der Waals surface area contributed by atoms with Crippen molar-refractivity contribution in [1.29, 1.82) is 5.26 Å². The van der Waals surface area contributed by atoms with Crippen molar-refractivity contribution in [2.75, 3.05) is 0 Å². The van der Waals surface area contributed by atoms with Crippen molar-refractivity contribution in [3.8, 4) is 17.2 Å². The minimum atomic E-state index is -4.41. The predicted molar refractivity (Wildman–Crippen MR) is 64.0 cm³/mol. The number of rotatable bonds is 2. The third kappa shape index (κ3) is 2.94. The lowest BCUT2D eigenvalue weighted by Gasteiger charge is -2.09. The molecule has 0 radical (unpaired) electrons. The summed E-state index contributed by atoms with van der Waals surface area (Å²) in [6, 6.07) is 7.42. The molecule has 1 aromatic carbocycles. The molecule has 0 fully saturated rings. The smallest absolute Gasteiger partial charge is 0.228 e. The van der Waals surface area contributed by atoms with Crippen LogP contribution < -0.4 is 0 Å². The number of halogens is 4. The van der Waals surface area contributed by atoms with Crippen LogP contribution in [0.15, 0.2) is 36.5 Å². The van der Waals surface area contributed by atoms with Crippen LogP contribution in [0, 0.1) is 17.3 Å². The highest BCUT2D eigenvalue weighted by Gasteiger charge is 2.30. The van der Waals surface area contributed by atoms with Crippen molar-refractivity contribution in [1.82, 2.24) is 4.98 Å². The van der Waals surface area contributed by atoms with E-state index in [1.165, 1.54) is 18.3 Å². The summed E-state index contributed by atoms with van der Waals surface area (Å²) < 4.78 is 50.4. The number of nitriles is 1. The minimum absolute atomic E-state index is 0.0458. The van der Waals surface area contributed by atoms with Gasteiger partial charge in [-0.3, -0.25) is 0 Å². The molecule has 2 aromatic rings. The summed E-state index contributed by atoms with van der Waals surface area (Å²) in [5.41, 5.74) is 0.523. The van der Waals surface area contributed by atoms with Crippen LogP contribution in [0.4, 0.5) is 17.6 Å². The SMILES string of the molecule is N#CCc1cc(F)ncc1-c1ccc(C(F)(F)F)cc1. The van der Waals surface area contributed by atoms with Gasteiger partial charge in [0.25, 0.3) is 0 Å². The van der Waals surface area contributed by atoms with Crippen molar-refractivity contribution in [3.63, 3.8) is 0 Å². The van der Waals surface area contributed by atoms with Crippen LogP contribution in [0.1, 0.15) is 11.1 Å². The zero-order chi connectivity index (χ0) is 14.8. The molecule has 0 saturated heterocycles. The molecule has 0 unspecified atom stereocenters. The van der Waals surface area contributed by atoms with Gasteiger partial charge in [-0.05, 0) is 29.3 Å². The number of nitrogens with zero attached hydrogens (tertiary/aromatic N) is 2. The topological polar surface area (TPSA) is 36.7 Å². The standard InChI is InChI=1S/C14H8F4N2/c15-13-7-10(5-6-19)12(8-20-13)9-1-3-11(4-2-9)14(16,17)18/h1-4,7-8H,5H2. The van der Waals surface area contributed by atoms with Crippen molar-refractivity contribution in [3.05, 3.63) is 53.6 Å². The summed E-state index contributed by atoms with van der Waals surface area (Å²) in [5, 5.41) is 8.69. The van der Waals surface area contributed by atoms with Crippen LogP contribution in [0.2, 0.25) is 0 Å². The summed E-state index contributed by atoms with van der Waals surface area (Å²) >= 11 is 0. The Labute approximate surface area is 112 Å². The molecule has 1 heterocycles. The molecule has 0 N–H and O–H groups in total. The van der Waals surface area contributed by atoms with Gasteiger partial charge in [0.1, 0.15) is 0 Å². The van der Waals surface area contributed by atoms with E-state index in [0.717, 1.165) is 18.2 Å². The molecule has 0 aliphatic carbocycles. The summed E-state index contributed by atoms with van der Waals surface area (Å²) in [6.45, 7) is 0. The van der Waals surface area contributed by atoms with E-state index >= 15 is 0 Å². The lowest BCUT2D eigenvalue weighted by Crippen LogP contribution is -2.04. The molecular weight excluding hydrogens is 272 g/mol.